The quantitative estimate of drug-likeness (QED) is 0.671. The molecule has 20 heavy (non-hydrogen) atoms. The maximum atomic E-state index is 10.9. The van der Waals surface area contributed by atoms with Crippen molar-refractivity contribution in [3.8, 4) is 5.75 Å². The predicted molar refractivity (Wildman–Crippen MR) is 75.9 cm³/mol. The normalized spacial score (nSPS) is 11.7. The predicted octanol–water partition coefficient (Wildman–Crippen LogP) is 2.79. The van der Waals surface area contributed by atoms with E-state index in [4.69, 9.17) is 15.2 Å². The Morgan fingerprint density at radius 2 is 1.90 bits per heavy atom. The van der Waals surface area contributed by atoms with E-state index in [1.807, 2.05) is 42.5 Å². The van der Waals surface area contributed by atoms with Gasteiger partial charge in [-0.2, -0.15) is 0 Å². The highest BCUT2D eigenvalue weighted by molar-refractivity contribution is 5.66. The standard InChI is InChI=1S/C16H17NO3/c1-12(18)20-16(17)14-8-5-9-15(10-14)19-11-13-6-3-2-4-7-13/h2-10,16H,11,17H2,1H3. The van der Waals surface area contributed by atoms with Crippen molar-refractivity contribution in [2.24, 2.45) is 5.73 Å². The lowest BCUT2D eigenvalue weighted by atomic mass is 10.2. The molecule has 0 aromatic heterocycles. The molecule has 2 aromatic rings. The van der Waals surface area contributed by atoms with Gasteiger partial charge >= 0.3 is 5.97 Å². The van der Waals surface area contributed by atoms with Gasteiger partial charge in [0.25, 0.3) is 0 Å². The number of ether oxygens (including phenoxy) is 2. The maximum Gasteiger partial charge on any atom is 0.304 e. The molecule has 1 atom stereocenters. The van der Waals surface area contributed by atoms with Gasteiger partial charge in [-0.15, -0.1) is 0 Å². The average molecular weight is 271 g/mol. The maximum absolute atomic E-state index is 10.9. The van der Waals surface area contributed by atoms with Crippen molar-refractivity contribution in [3.63, 3.8) is 0 Å². The Morgan fingerprint density at radius 1 is 1.15 bits per heavy atom. The summed E-state index contributed by atoms with van der Waals surface area (Å²) in [6.45, 7) is 1.81. The molecular weight excluding hydrogens is 254 g/mol. The van der Waals surface area contributed by atoms with Gasteiger partial charge in [-0.3, -0.25) is 10.5 Å². The van der Waals surface area contributed by atoms with Crippen LogP contribution in [0.3, 0.4) is 0 Å². The molecule has 0 amide bonds. The molecule has 2 N–H and O–H groups in total. The zero-order valence-corrected chi connectivity index (χ0v) is 11.3. The minimum atomic E-state index is -0.771. The van der Waals surface area contributed by atoms with Crippen molar-refractivity contribution >= 4 is 5.97 Å². The van der Waals surface area contributed by atoms with Crippen LogP contribution in [0, 0.1) is 0 Å². The fourth-order valence-electron chi connectivity index (χ4n) is 1.77. The first-order chi connectivity index (χ1) is 9.65. The van der Waals surface area contributed by atoms with Gasteiger partial charge in [0.1, 0.15) is 12.4 Å². The van der Waals surface area contributed by atoms with Crippen molar-refractivity contribution in [1.82, 2.24) is 0 Å². The molecule has 0 aliphatic heterocycles. The van der Waals surface area contributed by atoms with Crippen molar-refractivity contribution in [2.75, 3.05) is 0 Å². The summed E-state index contributed by atoms with van der Waals surface area (Å²) in [7, 11) is 0. The topological polar surface area (TPSA) is 61.5 Å². The zero-order valence-electron chi connectivity index (χ0n) is 11.3. The third-order valence-corrected chi connectivity index (χ3v) is 2.73. The fraction of sp³-hybridized carbons (Fsp3) is 0.188. The van der Waals surface area contributed by atoms with E-state index in [1.54, 1.807) is 12.1 Å². The average Bonchev–Trinajstić information content (AvgIpc) is 2.46. The number of rotatable bonds is 5. The minimum Gasteiger partial charge on any atom is -0.489 e. The molecule has 2 aromatic carbocycles. The SMILES string of the molecule is CC(=O)OC(N)c1cccc(OCc2ccccc2)c1. The number of benzene rings is 2. The summed E-state index contributed by atoms with van der Waals surface area (Å²) < 4.78 is 10.6. The van der Waals surface area contributed by atoms with Crippen LogP contribution < -0.4 is 10.5 Å². The molecule has 0 spiro atoms. The van der Waals surface area contributed by atoms with Crippen LogP contribution in [0.5, 0.6) is 5.75 Å². The first-order valence-corrected chi connectivity index (χ1v) is 6.34. The Bertz CT molecular complexity index is 569. The molecule has 0 aliphatic carbocycles. The highest BCUT2D eigenvalue weighted by Crippen LogP contribution is 2.19. The monoisotopic (exact) mass is 271 g/mol. The number of carbonyl (C=O) groups is 1. The van der Waals surface area contributed by atoms with Crippen LogP contribution in [0.4, 0.5) is 0 Å². The Morgan fingerprint density at radius 3 is 2.60 bits per heavy atom. The van der Waals surface area contributed by atoms with Crippen LogP contribution in [0.15, 0.2) is 54.6 Å². The summed E-state index contributed by atoms with van der Waals surface area (Å²) in [5, 5.41) is 0. The van der Waals surface area contributed by atoms with Crippen LogP contribution in [-0.2, 0) is 16.1 Å². The molecule has 0 fully saturated rings. The molecule has 0 bridgehead atoms. The molecule has 4 nitrogen and oxygen atoms in total. The highest BCUT2D eigenvalue weighted by Gasteiger charge is 2.09. The second kappa shape index (κ2) is 6.73. The minimum absolute atomic E-state index is 0.409. The third kappa shape index (κ3) is 4.10. The molecular formula is C16H17NO3. The molecule has 4 heteroatoms. The first-order valence-electron chi connectivity index (χ1n) is 6.34. The zero-order chi connectivity index (χ0) is 14.4. The van der Waals surface area contributed by atoms with E-state index in [-0.39, 0.29) is 0 Å². The van der Waals surface area contributed by atoms with Gasteiger partial charge in [-0.05, 0) is 17.7 Å². The lowest BCUT2D eigenvalue weighted by Gasteiger charge is -2.13. The van der Waals surface area contributed by atoms with Gasteiger partial charge in [0.15, 0.2) is 6.23 Å². The summed E-state index contributed by atoms with van der Waals surface area (Å²) >= 11 is 0. The lowest BCUT2D eigenvalue weighted by molar-refractivity contribution is -0.146. The van der Waals surface area contributed by atoms with Gasteiger partial charge in [0.05, 0.1) is 0 Å². The van der Waals surface area contributed by atoms with E-state index < -0.39 is 12.2 Å². The number of hydrogen-bond donors (Lipinski definition) is 1. The Hall–Kier alpha value is -2.33. The summed E-state index contributed by atoms with van der Waals surface area (Å²) in [5.74, 6) is 0.280. The largest absolute Gasteiger partial charge is 0.489 e. The molecule has 1 unspecified atom stereocenters. The van der Waals surface area contributed by atoms with Crippen LogP contribution in [0.1, 0.15) is 24.3 Å². The number of nitrogens with two attached hydrogens (primary N) is 1. The van der Waals surface area contributed by atoms with Crippen molar-refractivity contribution in [3.05, 3.63) is 65.7 Å². The summed E-state index contributed by atoms with van der Waals surface area (Å²) in [4.78, 5) is 10.9. The van der Waals surface area contributed by atoms with Crippen LogP contribution in [0.2, 0.25) is 0 Å². The van der Waals surface area contributed by atoms with E-state index in [2.05, 4.69) is 0 Å². The summed E-state index contributed by atoms with van der Waals surface area (Å²) in [5.41, 5.74) is 7.56. The second-order valence-corrected chi connectivity index (χ2v) is 4.38. The Balaban J connectivity index is 2.01. The van der Waals surface area contributed by atoms with E-state index >= 15 is 0 Å². The first kappa shape index (κ1) is 14.1. The summed E-state index contributed by atoms with van der Waals surface area (Å²) in [6.07, 6.45) is -0.771. The highest BCUT2D eigenvalue weighted by atomic mass is 16.6. The van der Waals surface area contributed by atoms with Gasteiger partial charge in [0, 0.05) is 12.5 Å². The van der Waals surface area contributed by atoms with Gasteiger partial charge in [0.2, 0.25) is 0 Å². The molecule has 0 saturated heterocycles. The second-order valence-electron chi connectivity index (χ2n) is 4.38. The van der Waals surface area contributed by atoms with Crippen molar-refractivity contribution in [2.45, 2.75) is 19.8 Å². The molecule has 104 valence electrons. The van der Waals surface area contributed by atoms with E-state index in [0.29, 0.717) is 17.9 Å². The van der Waals surface area contributed by atoms with Gasteiger partial charge in [-0.1, -0.05) is 42.5 Å². The summed E-state index contributed by atoms with van der Waals surface area (Å²) in [6, 6.07) is 17.1. The molecule has 2 rings (SSSR count). The van der Waals surface area contributed by atoms with Crippen LogP contribution in [-0.4, -0.2) is 5.97 Å². The van der Waals surface area contributed by atoms with E-state index in [0.717, 1.165) is 5.56 Å². The third-order valence-electron chi connectivity index (χ3n) is 2.73. The molecule has 0 radical (unpaired) electrons. The Labute approximate surface area is 118 Å². The number of carbonyl (C=O) groups excluding carboxylic acids is 1. The molecule has 0 saturated carbocycles. The van der Waals surface area contributed by atoms with Crippen molar-refractivity contribution in [1.29, 1.82) is 0 Å². The smallest absolute Gasteiger partial charge is 0.304 e. The lowest BCUT2D eigenvalue weighted by Crippen LogP contribution is -2.17. The molecule has 0 heterocycles. The van der Waals surface area contributed by atoms with E-state index in [9.17, 15) is 4.79 Å². The number of esters is 1. The van der Waals surface area contributed by atoms with E-state index in [1.165, 1.54) is 6.92 Å². The van der Waals surface area contributed by atoms with Crippen LogP contribution in [0.25, 0.3) is 0 Å². The van der Waals surface area contributed by atoms with Gasteiger partial charge < -0.3 is 9.47 Å². The number of hydrogen-bond acceptors (Lipinski definition) is 4. The fourth-order valence-corrected chi connectivity index (χ4v) is 1.77. The van der Waals surface area contributed by atoms with Crippen LogP contribution >= 0.6 is 0 Å². The van der Waals surface area contributed by atoms with Crippen molar-refractivity contribution < 1.29 is 14.3 Å². The Kier molecular flexibility index (Phi) is 4.74. The molecule has 0 aliphatic rings. The van der Waals surface area contributed by atoms with Gasteiger partial charge in [-0.25, -0.2) is 0 Å².